The Kier molecular flexibility index (Phi) is 3.95. The molecule has 0 atom stereocenters. The zero-order valence-electron chi connectivity index (χ0n) is 14.3. The average Bonchev–Trinajstić information content (AvgIpc) is 3.10. The van der Waals surface area contributed by atoms with E-state index >= 15 is 0 Å². The summed E-state index contributed by atoms with van der Waals surface area (Å²) in [6, 6.07) is 5.95. The molecule has 0 aliphatic carbocycles. The van der Waals surface area contributed by atoms with Crippen LogP contribution in [-0.2, 0) is 0 Å². The summed E-state index contributed by atoms with van der Waals surface area (Å²) in [5.74, 6) is 1.19. The molecular weight excluding hydrogens is 321 g/mol. The van der Waals surface area contributed by atoms with Crippen molar-refractivity contribution in [3.63, 3.8) is 0 Å². The molecule has 0 amide bonds. The first kappa shape index (κ1) is 15.7. The van der Waals surface area contributed by atoms with E-state index in [-0.39, 0.29) is 11.7 Å². The van der Waals surface area contributed by atoms with Gasteiger partial charge in [-0.05, 0) is 18.1 Å². The van der Waals surface area contributed by atoms with Gasteiger partial charge in [0.15, 0.2) is 17.3 Å². The van der Waals surface area contributed by atoms with Gasteiger partial charge in [-0.3, -0.25) is 4.40 Å². The molecule has 3 aromatic heterocycles. The van der Waals surface area contributed by atoms with Crippen LogP contribution in [0.4, 0.5) is 16.0 Å². The summed E-state index contributed by atoms with van der Waals surface area (Å²) in [4.78, 5) is 12.5. The largest absolute Gasteiger partial charge is 0.354 e. The van der Waals surface area contributed by atoms with Gasteiger partial charge in [0.05, 0.1) is 5.69 Å². The minimum absolute atomic E-state index is 0.0365. The van der Waals surface area contributed by atoms with E-state index in [2.05, 4.69) is 25.1 Å². The topological polar surface area (TPSA) is 62.5 Å². The van der Waals surface area contributed by atoms with E-state index in [1.807, 2.05) is 41.3 Å². The van der Waals surface area contributed by atoms with E-state index in [9.17, 15) is 4.39 Å². The molecule has 1 aliphatic heterocycles. The van der Waals surface area contributed by atoms with E-state index in [4.69, 9.17) is 0 Å². The highest BCUT2D eigenvalue weighted by Crippen LogP contribution is 2.25. The van der Waals surface area contributed by atoms with Crippen LogP contribution < -0.4 is 9.80 Å². The van der Waals surface area contributed by atoms with Crippen molar-refractivity contribution in [2.75, 3.05) is 36.0 Å². The third kappa shape index (κ3) is 2.77. The third-order valence-corrected chi connectivity index (χ3v) is 4.56. The van der Waals surface area contributed by atoms with Gasteiger partial charge in [-0.2, -0.15) is 0 Å². The fraction of sp³-hybridized carbons (Fsp3) is 0.412. The molecule has 7 nitrogen and oxygen atoms in total. The van der Waals surface area contributed by atoms with Gasteiger partial charge in [0, 0.05) is 26.2 Å². The molecule has 130 valence electrons. The van der Waals surface area contributed by atoms with Gasteiger partial charge in [0.1, 0.15) is 18.5 Å². The molecule has 0 spiro atoms. The first-order valence-electron chi connectivity index (χ1n) is 8.44. The Morgan fingerprint density at radius 3 is 2.56 bits per heavy atom. The van der Waals surface area contributed by atoms with Crippen molar-refractivity contribution in [3.05, 3.63) is 42.4 Å². The number of aromatic nitrogens is 5. The second-order valence-electron chi connectivity index (χ2n) is 6.47. The van der Waals surface area contributed by atoms with Crippen molar-refractivity contribution in [1.82, 2.24) is 24.6 Å². The Hall–Kier alpha value is -2.77. The lowest BCUT2D eigenvalue weighted by molar-refractivity contribution is 0.556. The number of pyridine rings is 1. The number of anilines is 2. The maximum Gasteiger partial charge on any atom is 0.187 e. The van der Waals surface area contributed by atoms with Crippen molar-refractivity contribution < 1.29 is 4.39 Å². The summed E-state index contributed by atoms with van der Waals surface area (Å²) in [6.07, 6.45) is 3.17. The zero-order valence-corrected chi connectivity index (χ0v) is 14.3. The summed E-state index contributed by atoms with van der Waals surface area (Å²) >= 11 is 0. The van der Waals surface area contributed by atoms with Crippen molar-refractivity contribution >= 4 is 17.3 Å². The maximum absolute atomic E-state index is 14.7. The Morgan fingerprint density at radius 1 is 1.04 bits per heavy atom. The summed E-state index contributed by atoms with van der Waals surface area (Å²) in [5, 5.41) is 8.05. The number of halogens is 1. The van der Waals surface area contributed by atoms with Crippen molar-refractivity contribution in [3.8, 4) is 0 Å². The van der Waals surface area contributed by atoms with E-state index in [0.717, 1.165) is 24.6 Å². The first-order chi connectivity index (χ1) is 12.1. The number of rotatable bonds is 3. The van der Waals surface area contributed by atoms with Gasteiger partial charge < -0.3 is 9.80 Å². The highest BCUT2D eigenvalue weighted by Gasteiger charge is 2.24. The van der Waals surface area contributed by atoms with Gasteiger partial charge in [-0.25, -0.2) is 14.4 Å². The predicted octanol–water partition coefficient (Wildman–Crippen LogP) is 2.11. The van der Waals surface area contributed by atoms with Crippen LogP contribution in [-0.4, -0.2) is 50.7 Å². The number of hydrogen-bond acceptors (Lipinski definition) is 6. The standard InChI is InChI=1S/C17H20FN7/c1-12(2)16-15(18)17(20-10-19-16)24-8-6-23(7-9-24)14-5-3-4-13-22-21-11-25(13)14/h3-5,10-12H,6-9H2,1-2H3. The molecule has 0 N–H and O–H groups in total. The molecule has 1 fully saturated rings. The van der Waals surface area contributed by atoms with Crippen LogP contribution >= 0.6 is 0 Å². The molecular formula is C17H20FN7. The minimum Gasteiger partial charge on any atom is -0.354 e. The molecule has 0 unspecified atom stereocenters. The molecule has 1 saturated heterocycles. The maximum atomic E-state index is 14.7. The average molecular weight is 341 g/mol. The van der Waals surface area contributed by atoms with Crippen LogP contribution in [0, 0.1) is 5.82 Å². The highest BCUT2D eigenvalue weighted by molar-refractivity contribution is 5.52. The summed E-state index contributed by atoms with van der Waals surface area (Å²) in [7, 11) is 0. The molecule has 25 heavy (non-hydrogen) atoms. The van der Waals surface area contributed by atoms with Crippen LogP contribution in [0.15, 0.2) is 30.9 Å². The van der Waals surface area contributed by atoms with Crippen molar-refractivity contribution in [2.24, 2.45) is 0 Å². The fourth-order valence-corrected chi connectivity index (χ4v) is 3.24. The summed E-state index contributed by atoms with van der Waals surface area (Å²) in [5.41, 5.74) is 1.30. The van der Waals surface area contributed by atoms with Gasteiger partial charge in [0.2, 0.25) is 0 Å². The Bertz CT molecular complexity index is 884. The molecule has 0 bridgehead atoms. The smallest absolute Gasteiger partial charge is 0.187 e. The van der Waals surface area contributed by atoms with E-state index < -0.39 is 0 Å². The van der Waals surface area contributed by atoms with E-state index in [1.54, 1.807) is 6.33 Å². The van der Waals surface area contributed by atoms with Gasteiger partial charge in [0.25, 0.3) is 0 Å². The number of fused-ring (bicyclic) bond motifs is 1. The van der Waals surface area contributed by atoms with Gasteiger partial charge >= 0.3 is 0 Å². The molecule has 4 rings (SSSR count). The van der Waals surface area contributed by atoms with Crippen molar-refractivity contribution in [1.29, 1.82) is 0 Å². The Labute approximate surface area is 145 Å². The second kappa shape index (κ2) is 6.27. The minimum atomic E-state index is -0.299. The Morgan fingerprint density at radius 2 is 1.80 bits per heavy atom. The predicted molar refractivity (Wildman–Crippen MR) is 93.5 cm³/mol. The lowest BCUT2D eigenvalue weighted by Gasteiger charge is -2.36. The number of nitrogens with zero attached hydrogens (tertiary/aromatic N) is 7. The normalized spacial score (nSPS) is 15.4. The first-order valence-corrected chi connectivity index (χ1v) is 8.44. The quantitative estimate of drug-likeness (QED) is 0.727. The summed E-state index contributed by atoms with van der Waals surface area (Å²) < 4.78 is 16.7. The Balaban J connectivity index is 1.54. The molecule has 0 radical (unpaired) electrons. The molecule has 8 heteroatoms. The number of piperazine rings is 1. The zero-order chi connectivity index (χ0) is 17.4. The molecule has 3 aromatic rings. The number of hydrogen-bond donors (Lipinski definition) is 0. The third-order valence-electron chi connectivity index (χ3n) is 4.56. The van der Waals surface area contributed by atoms with Crippen LogP contribution in [0.3, 0.4) is 0 Å². The molecule has 0 saturated carbocycles. The highest BCUT2D eigenvalue weighted by atomic mass is 19.1. The van der Waals surface area contributed by atoms with Crippen molar-refractivity contribution in [2.45, 2.75) is 19.8 Å². The molecule has 0 aromatic carbocycles. The van der Waals surface area contributed by atoms with Crippen LogP contribution in [0.25, 0.3) is 5.65 Å². The SMILES string of the molecule is CC(C)c1ncnc(N2CCN(c3cccc4nncn34)CC2)c1F. The lowest BCUT2D eigenvalue weighted by Crippen LogP contribution is -2.47. The van der Waals surface area contributed by atoms with Crippen LogP contribution in [0.2, 0.25) is 0 Å². The van der Waals surface area contributed by atoms with Gasteiger partial charge in [-0.15, -0.1) is 10.2 Å². The van der Waals surface area contributed by atoms with Crippen LogP contribution in [0.1, 0.15) is 25.5 Å². The van der Waals surface area contributed by atoms with Gasteiger partial charge in [-0.1, -0.05) is 19.9 Å². The molecule has 4 heterocycles. The molecule has 1 aliphatic rings. The fourth-order valence-electron chi connectivity index (χ4n) is 3.24. The lowest BCUT2D eigenvalue weighted by atomic mass is 10.1. The van der Waals surface area contributed by atoms with Crippen LogP contribution in [0.5, 0.6) is 0 Å². The van der Waals surface area contributed by atoms with E-state index in [1.165, 1.54) is 6.33 Å². The van der Waals surface area contributed by atoms with E-state index in [0.29, 0.717) is 24.6 Å². The summed E-state index contributed by atoms with van der Waals surface area (Å²) in [6.45, 7) is 6.82. The second-order valence-corrected chi connectivity index (χ2v) is 6.47. The monoisotopic (exact) mass is 341 g/mol.